The molecule has 0 saturated carbocycles. The number of carboxylic acids is 1. The van der Waals surface area contributed by atoms with Crippen LogP contribution in [-0.4, -0.2) is 26.8 Å². The Hall–Kier alpha value is -3.94. The third-order valence-electron chi connectivity index (χ3n) is 4.73. The first-order valence-corrected chi connectivity index (χ1v) is 8.86. The van der Waals surface area contributed by atoms with Crippen molar-refractivity contribution in [1.82, 2.24) is 9.78 Å². The Labute approximate surface area is 165 Å². The number of halogens is 1. The second-order valence-corrected chi connectivity index (χ2v) is 6.60. The highest BCUT2D eigenvalue weighted by Crippen LogP contribution is 2.33. The van der Waals surface area contributed by atoms with Crippen molar-refractivity contribution in [3.63, 3.8) is 0 Å². The fourth-order valence-electron chi connectivity index (χ4n) is 3.23. The highest BCUT2D eigenvalue weighted by atomic mass is 19.1. The molecule has 0 bridgehead atoms. The Morgan fingerprint density at radius 2 is 1.90 bits per heavy atom. The van der Waals surface area contributed by atoms with Crippen molar-refractivity contribution in [3.8, 4) is 0 Å². The number of fused-ring (bicyclic) bond motifs is 1. The number of nitrogens with zero attached hydrogens (tertiary/aromatic N) is 2. The zero-order valence-corrected chi connectivity index (χ0v) is 15.4. The van der Waals surface area contributed by atoms with Crippen molar-refractivity contribution >= 4 is 23.4 Å². The molecule has 1 atom stereocenters. The van der Waals surface area contributed by atoms with E-state index in [1.165, 1.54) is 23.0 Å². The van der Waals surface area contributed by atoms with Gasteiger partial charge in [-0.25, -0.2) is 13.9 Å². The number of aliphatic carboxylic acids is 1. The first-order valence-electron chi connectivity index (χ1n) is 8.86. The summed E-state index contributed by atoms with van der Waals surface area (Å²) in [5, 5.41) is 19.2. The van der Waals surface area contributed by atoms with E-state index >= 15 is 0 Å². The lowest BCUT2D eigenvalue weighted by atomic mass is 10.0. The van der Waals surface area contributed by atoms with E-state index in [1.54, 1.807) is 30.3 Å². The van der Waals surface area contributed by atoms with Gasteiger partial charge in [0.25, 0.3) is 5.91 Å². The maximum Gasteiger partial charge on any atom is 0.352 e. The van der Waals surface area contributed by atoms with Crippen LogP contribution in [-0.2, 0) is 4.79 Å². The minimum absolute atomic E-state index is 0.154. The predicted molar refractivity (Wildman–Crippen MR) is 105 cm³/mol. The summed E-state index contributed by atoms with van der Waals surface area (Å²) in [5.41, 5.74) is 1.76. The quantitative estimate of drug-likeness (QED) is 0.631. The summed E-state index contributed by atoms with van der Waals surface area (Å²) in [7, 11) is 0. The Balaban J connectivity index is 1.75. The Kier molecular flexibility index (Phi) is 4.59. The van der Waals surface area contributed by atoms with Crippen LogP contribution in [0.4, 0.5) is 15.9 Å². The number of hydrogen-bond donors (Lipinski definition) is 3. The second kappa shape index (κ2) is 7.23. The molecule has 146 valence electrons. The minimum atomic E-state index is -1.22. The summed E-state index contributed by atoms with van der Waals surface area (Å²) in [4.78, 5) is 24.5. The van der Waals surface area contributed by atoms with Crippen molar-refractivity contribution in [2.75, 3.05) is 10.6 Å². The molecule has 2 aromatic carbocycles. The molecule has 0 aliphatic carbocycles. The number of benzene rings is 2. The molecule has 2 heterocycles. The molecule has 3 N–H and O–H groups in total. The second-order valence-electron chi connectivity index (χ2n) is 6.60. The molecule has 1 aliphatic rings. The Morgan fingerprint density at radius 3 is 2.62 bits per heavy atom. The van der Waals surface area contributed by atoms with Gasteiger partial charge >= 0.3 is 5.97 Å². The van der Waals surface area contributed by atoms with Gasteiger partial charge in [0, 0.05) is 11.3 Å². The lowest BCUT2D eigenvalue weighted by Crippen LogP contribution is -2.26. The van der Waals surface area contributed by atoms with Crippen LogP contribution in [0.2, 0.25) is 0 Å². The number of rotatable bonds is 4. The molecular weight excluding hydrogens is 375 g/mol. The number of nitrogens with one attached hydrogen (secondary N) is 2. The van der Waals surface area contributed by atoms with Gasteiger partial charge in [0.1, 0.15) is 28.9 Å². The van der Waals surface area contributed by atoms with Gasteiger partial charge in [-0.2, -0.15) is 5.10 Å². The van der Waals surface area contributed by atoms with Crippen LogP contribution in [0.1, 0.15) is 27.5 Å². The van der Waals surface area contributed by atoms with Gasteiger partial charge < -0.3 is 15.7 Å². The summed E-state index contributed by atoms with van der Waals surface area (Å²) >= 11 is 0. The van der Waals surface area contributed by atoms with Gasteiger partial charge in [-0.05, 0) is 30.7 Å². The van der Waals surface area contributed by atoms with E-state index in [1.807, 2.05) is 19.1 Å². The van der Waals surface area contributed by atoms with E-state index < -0.39 is 23.7 Å². The van der Waals surface area contributed by atoms with Crippen LogP contribution in [0.15, 0.2) is 66.5 Å². The van der Waals surface area contributed by atoms with Crippen LogP contribution >= 0.6 is 0 Å². The van der Waals surface area contributed by atoms with Gasteiger partial charge in [0.2, 0.25) is 0 Å². The molecule has 8 heteroatoms. The summed E-state index contributed by atoms with van der Waals surface area (Å²) in [6.45, 7) is 1.86. The number of carbonyl (C=O) groups is 2. The monoisotopic (exact) mass is 392 g/mol. The van der Waals surface area contributed by atoms with Crippen LogP contribution in [0.3, 0.4) is 0 Å². The fourth-order valence-corrected chi connectivity index (χ4v) is 3.23. The molecule has 4 rings (SSSR count). The molecule has 29 heavy (non-hydrogen) atoms. The minimum Gasteiger partial charge on any atom is -0.477 e. The lowest BCUT2D eigenvalue weighted by molar-refractivity contribution is -0.132. The zero-order chi connectivity index (χ0) is 20.5. The van der Waals surface area contributed by atoms with Gasteiger partial charge in [-0.3, -0.25) is 4.79 Å². The molecule has 7 nitrogen and oxygen atoms in total. The van der Waals surface area contributed by atoms with Crippen molar-refractivity contribution in [1.29, 1.82) is 0 Å². The third kappa shape index (κ3) is 3.36. The maximum absolute atomic E-state index is 14.4. The normalized spacial score (nSPS) is 15.1. The first kappa shape index (κ1) is 18.4. The predicted octanol–water partition coefficient (Wildman–Crippen LogP) is 3.57. The van der Waals surface area contributed by atoms with E-state index in [0.29, 0.717) is 5.69 Å². The Morgan fingerprint density at radius 1 is 1.17 bits per heavy atom. The van der Waals surface area contributed by atoms with Crippen LogP contribution < -0.4 is 10.6 Å². The standard InChI is InChI=1S/C21H17FN4O3/c1-12-6-2-5-9-16(12)25-20(27)14-11-23-26-18(13-7-3-4-8-15(13)22)10-17(21(28)29)24-19(14)26/h2-11,18,24H,1H3,(H,25,27)(H,28,29)/t18-/m1/s1. The highest BCUT2D eigenvalue weighted by molar-refractivity contribution is 6.08. The number of para-hydroxylation sites is 1. The molecule has 0 saturated heterocycles. The van der Waals surface area contributed by atoms with E-state index in [9.17, 15) is 19.1 Å². The van der Waals surface area contributed by atoms with Gasteiger partial charge in [0.05, 0.1) is 6.20 Å². The largest absolute Gasteiger partial charge is 0.477 e. The van der Waals surface area contributed by atoms with Crippen molar-refractivity contribution in [3.05, 3.63) is 89.0 Å². The maximum atomic E-state index is 14.4. The Bertz CT molecular complexity index is 1150. The van der Waals surface area contributed by atoms with Gasteiger partial charge in [-0.1, -0.05) is 36.4 Å². The van der Waals surface area contributed by atoms with E-state index in [2.05, 4.69) is 15.7 Å². The van der Waals surface area contributed by atoms with Gasteiger partial charge in [0.15, 0.2) is 0 Å². The summed E-state index contributed by atoms with van der Waals surface area (Å²) in [6.07, 6.45) is 2.70. The average molecular weight is 392 g/mol. The van der Waals surface area contributed by atoms with Crippen molar-refractivity contribution in [2.24, 2.45) is 0 Å². The van der Waals surface area contributed by atoms with Crippen LogP contribution in [0, 0.1) is 12.7 Å². The molecule has 0 fully saturated rings. The van der Waals surface area contributed by atoms with E-state index in [0.717, 1.165) is 5.56 Å². The molecule has 0 spiro atoms. The highest BCUT2D eigenvalue weighted by Gasteiger charge is 2.30. The van der Waals surface area contributed by atoms with Crippen molar-refractivity contribution < 1.29 is 19.1 Å². The number of hydrogen-bond acceptors (Lipinski definition) is 4. The van der Waals surface area contributed by atoms with Crippen molar-refractivity contribution in [2.45, 2.75) is 13.0 Å². The number of carbonyl (C=O) groups excluding carboxylic acids is 1. The number of amides is 1. The zero-order valence-electron chi connectivity index (χ0n) is 15.4. The molecule has 1 amide bonds. The molecule has 0 unspecified atom stereocenters. The SMILES string of the molecule is Cc1ccccc1NC(=O)c1cnn2c1NC(C(=O)O)=C[C@@H]2c1ccccc1F. The number of anilines is 2. The smallest absolute Gasteiger partial charge is 0.352 e. The average Bonchev–Trinajstić information content (AvgIpc) is 3.13. The molecule has 1 aliphatic heterocycles. The number of carboxylic acid groups (broad SMARTS) is 1. The topological polar surface area (TPSA) is 96.3 Å². The van der Waals surface area contributed by atoms with E-state index in [4.69, 9.17) is 0 Å². The van der Waals surface area contributed by atoms with E-state index in [-0.39, 0.29) is 22.6 Å². The first-order chi connectivity index (χ1) is 14.0. The number of aromatic nitrogens is 2. The van der Waals surface area contributed by atoms with Crippen LogP contribution in [0.5, 0.6) is 0 Å². The molecule has 1 aromatic heterocycles. The lowest BCUT2D eigenvalue weighted by Gasteiger charge is -2.24. The van der Waals surface area contributed by atoms with Gasteiger partial charge in [-0.15, -0.1) is 0 Å². The number of allylic oxidation sites excluding steroid dienone is 1. The molecular formula is C21H17FN4O3. The molecule has 0 radical (unpaired) electrons. The fraction of sp³-hybridized carbons (Fsp3) is 0.0952. The summed E-state index contributed by atoms with van der Waals surface area (Å²) < 4.78 is 15.8. The third-order valence-corrected chi connectivity index (χ3v) is 4.73. The molecule has 3 aromatic rings. The summed E-state index contributed by atoms with van der Waals surface area (Å²) in [5.74, 6) is -1.98. The number of aryl methyl sites for hydroxylation is 1. The van der Waals surface area contributed by atoms with Crippen LogP contribution in [0.25, 0.3) is 0 Å². The summed E-state index contributed by atoms with van der Waals surface area (Å²) in [6, 6.07) is 12.5.